The van der Waals surface area contributed by atoms with Gasteiger partial charge in [0.15, 0.2) is 0 Å². The molecule has 1 atom stereocenters. The Balaban J connectivity index is 1.45. The second-order valence-corrected chi connectivity index (χ2v) is 6.28. The molecular weight excluding hydrogens is 356 g/mol. The Morgan fingerprint density at radius 3 is 2.67 bits per heavy atom. The van der Waals surface area contributed by atoms with E-state index in [0.29, 0.717) is 11.0 Å². The third kappa shape index (κ3) is 3.23. The van der Waals surface area contributed by atoms with E-state index in [4.69, 9.17) is 0 Å². The van der Waals surface area contributed by atoms with Gasteiger partial charge >= 0.3 is 0 Å². The van der Waals surface area contributed by atoms with E-state index in [1.807, 2.05) is 12.1 Å². The molecule has 1 aliphatic rings. The van der Waals surface area contributed by atoms with Crippen LogP contribution in [0.25, 0.3) is 11.0 Å². The van der Waals surface area contributed by atoms with E-state index < -0.39 is 23.6 Å². The highest BCUT2D eigenvalue weighted by Gasteiger charge is 2.34. The van der Waals surface area contributed by atoms with Crippen molar-refractivity contribution in [3.05, 3.63) is 54.1 Å². The number of anilines is 1. The summed E-state index contributed by atoms with van der Waals surface area (Å²) in [7, 11) is 0. The Labute approximate surface area is 152 Å². The number of carbonyl (C=O) groups excluding carboxylic acids is 2. The molecule has 2 heterocycles. The smallest absolute Gasteiger partial charge is 0.242 e. The van der Waals surface area contributed by atoms with Gasteiger partial charge in [-0.15, -0.1) is 5.10 Å². The molecule has 1 aromatic heterocycles. The molecule has 3 aromatic rings. The highest BCUT2D eigenvalue weighted by molar-refractivity contribution is 5.97. The third-order valence-electron chi connectivity index (χ3n) is 4.41. The Bertz CT molecular complexity index is 1020. The number of benzene rings is 2. The molecule has 1 aliphatic heterocycles. The molecule has 4 rings (SSSR count). The maximum absolute atomic E-state index is 13.9. The summed E-state index contributed by atoms with van der Waals surface area (Å²) in [5, 5.41) is 10.6. The van der Waals surface area contributed by atoms with Gasteiger partial charge in [0.05, 0.1) is 11.6 Å². The van der Waals surface area contributed by atoms with Gasteiger partial charge in [0.2, 0.25) is 11.8 Å². The zero-order valence-corrected chi connectivity index (χ0v) is 14.1. The number of nitrogens with one attached hydrogen (secondary N) is 1. The number of hydrogen-bond acceptors (Lipinski definition) is 4. The van der Waals surface area contributed by atoms with Crippen molar-refractivity contribution in [3.8, 4) is 0 Å². The average molecular weight is 371 g/mol. The highest BCUT2D eigenvalue weighted by Crippen LogP contribution is 2.27. The van der Waals surface area contributed by atoms with Crippen LogP contribution in [0.1, 0.15) is 6.42 Å². The third-order valence-corrected chi connectivity index (χ3v) is 4.41. The van der Waals surface area contributed by atoms with E-state index in [2.05, 4.69) is 15.6 Å². The topological polar surface area (TPSA) is 80.1 Å². The van der Waals surface area contributed by atoms with Crippen LogP contribution in [0, 0.1) is 11.6 Å². The predicted molar refractivity (Wildman–Crippen MR) is 92.8 cm³/mol. The summed E-state index contributed by atoms with van der Waals surface area (Å²) >= 11 is 0. The summed E-state index contributed by atoms with van der Waals surface area (Å²) in [5.41, 5.74) is 0.995. The van der Waals surface area contributed by atoms with Crippen molar-refractivity contribution < 1.29 is 18.4 Å². The number of fused-ring (bicyclic) bond motifs is 1. The molecule has 9 heteroatoms. The van der Waals surface area contributed by atoms with Crippen LogP contribution in [0.2, 0.25) is 0 Å². The lowest BCUT2D eigenvalue weighted by Gasteiger charge is -2.18. The van der Waals surface area contributed by atoms with Crippen molar-refractivity contribution in [2.24, 2.45) is 0 Å². The summed E-state index contributed by atoms with van der Waals surface area (Å²) in [6, 6.07) is 10.1. The van der Waals surface area contributed by atoms with Crippen LogP contribution in [-0.4, -0.2) is 39.4 Å². The molecular formula is C18H15F2N5O2. The van der Waals surface area contributed by atoms with E-state index in [0.717, 1.165) is 17.0 Å². The van der Waals surface area contributed by atoms with Crippen LogP contribution >= 0.6 is 0 Å². The van der Waals surface area contributed by atoms with Crippen LogP contribution in [0.3, 0.4) is 0 Å². The summed E-state index contributed by atoms with van der Waals surface area (Å²) in [4.78, 5) is 25.5. The van der Waals surface area contributed by atoms with Crippen LogP contribution in [0.4, 0.5) is 14.5 Å². The van der Waals surface area contributed by atoms with Crippen LogP contribution < -0.4 is 10.2 Å². The summed E-state index contributed by atoms with van der Waals surface area (Å²) < 4.78 is 29.3. The Hall–Kier alpha value is -3.36. The lowest BCUT2D eigenvalue weighted by atomic mass is 10.2. The Morgan fingerprint density at radius 1 is 1.15 bits per heavy atom. The second-order valence-electron chi connectivity index (χ2n) is 6.28. The fraction of sp³-hybridized carbons (Fsp3) is 0.222. The number of rotatable bonds is 4. The number of aromatic nitrogens is 3. The molecule has 0 bridgehead atoms. The van der Waals surface area contributed by atoms with E-state index in [9.17, 15) is 18.4 Å². The monoisotopic (exact) mass is 371 g/mol. The molecule has 1 N–H and O–H groups in total. The molecule has 0 radical (unpaired) electrons. The van der Waals surface area contributed by atoms with Gasteiger partial charge in [0.1, 0.15) is 29.4 Å². The number of amides is 2. The maximum Gasteiger partial charge on any atom is 0.242 e. The first-order chi connectivity index (χ1) is 13.0. The van der Waals surface area contributed by atoms with Crippen LogP contribution in [0.5, 0.6) is 0 Å². The maximum atomic E-state index is 13.9. The number of para-hydroxylation sites is 2. The average Bonchev–Trinajstić information content (AvgIpc) is 3.19. The molecule has 0 saturated carbocycles. The number of carbonyl (C=O) groups is 2. The van der Waals surface area contributed by atoms with Crippen molar-refractivity contribution in [3.63, 3.8) is 0 Å². The summed E-state index contributed by atoms with van der Waals surface area (Å²) in [5.74, 6) is -2.44. The minimum absolute atomic E-state index is 0.000527. The lowest BCUT2D eigenvalue weighted by Crippen LogP contribution is -2.39. The molecule has 2 amide bonds. The number of hydrogen-bond donors (Lipinski definition) is 1. The summed E-state index contributed by atoms with van der Waals surface area (Å²) in [6.45, 7) is -0.0696. The van der Waals surface area contributed by atoms with Gasteiger partial charge in [-0.05, 0) is 24.3 Å². The van der Waals surface area contributed by atoms with Crippen LogP contribution in [0.15, 0.2) is 42.5 Å². The van der Waals surface area contributed by atoms with E-state index in [-0.39, 0.29) is 31.1 Å². The fourth-order valence-corrected chi connectivity index (χ4v) is 3.21. The molecule has 1 saturated heterocycles. The van der Waals surface area contributed by atoms with Gasteiger partial charge in [-0.2, -0.15) is 0 Å². The van der Waals surface area contributed by atoms with Gasteiger partial charge in [-0.3, -0.25) is 9.59 Å². The normalized spacial score (nSPS) is 16.9. The SMILES string of the molecule is O=C(Cn1nnc2ccccc21)NC1CC(=O)N(c2c(F)cccc2F)C1. The first-order valence-corrected chi connectivity index (χ1v) is 8.35. The van der Waals surface area contributed by atoms with Crippen molar-refractivity contribution in [2.75, 3.05) is 11.4 Å². The van der Waals surface area contributed by atoms with Gasteiger partial charge in [-0.1, -0.05) is 23.4 Å². The zero-order valence-electron chi connectivity index (χ0n) is 14.1. The molecule has 1 fully saturated rings. The Kier molecular flexibility index (Phi) is 4.27. The van der Waals surface area contributed by atoms with Crippen molar-refractivity contribution in [1.29, 1.82) is 0 Å². The van der Waals surface area contributed by atoms with Crippen molar-refractivity contribution >= 4 is 28.5 Å². The van der Waals surface area contributed by atoms with Crippen molar-refractivity contribution in [1.82, 2.24) is 20.3 Å². The van der Waals surface area contributed by atoms with Crippen molar-refractivity contribution in [2.45, 2.75) is 19.0 Å². The molecule has 1 unspecified atom stereocenters. The van der Waals surface area contributed by atoms with Gasteiger partial charge < -0.3 is 10.2 Å². The van der Waals surface area contributed by atoms with Gasteiger partial charge in [0.25, 0.3) is 0 Å². The van der Waals surface area contributed by atoms with E-state index in [1.165, 1.54) is 10.7 Å². The standard InChI is InChI=1S/C18H15F2N5O2/c19-12-4-3-5-13(20)18(12)24-9-11(8-17(24)27)21-16(26)10-25-15-7-2-1-6-14(15)22-23-25/h1-7,11H,8-10H2,(H,21,26). The second kappa shape index (κ2) is 6.75. The highest BCUT2D eigenvalue weighted by atomic mass is 19.1. The fourth-order valence-electron chi connectivity index (χ4n) is 3.21. The Morgan fingerprint density at radius 2 is 1.89 bits per heavy atom. The van der Waals surface area contributed by atoms with E-state index in [1.54, 1.807) is 12.1 Å². The predicted octanol–water partition coefficient (Wildman–Crippen LogP) is 1.63. The summed E-state index contributed by atoms with van der Waals surface area (Å²) in [6.07, 6.45) is -0.0301. The molecule has 7 nitrogen and oxygen atoms in total. The molecule has 2 aromatic carbocycles. The lowest BCUT2D eigenvalue weighted by molar-refractivity contribution is -0.122. The van der Waals surface area contributed by atoms with E-state index >= 15 is 0 Å². The minimum Gasteiger partial charge on any atom is -0.349 e. The number of nitrogens with zero attached hydrogens (tertiary/aromatic N) is 4. The first kappa shape index (κ1) is 17.1. The molecule has 0 spiro atoms. The molecule has 138 valence electrons. The quantitative estimate of drug-likeness (QED) is 0.756. The zero-order chi connectivity index (χ0) is 19.0. The number of halogens is 2. The van der Waals surface area contributed by atoms with Gasteiger partial charge in [-0.25, -0.2) is 13.5 Å². The van der Waals surface area contributed by atoms with Crippen LogP contribution in [-0.2, 0) is 16.1 Å². The molecule has 0 aliphatic carbocycles. The minimum atomic E-state index is -0.815. The first-order valence-electron chi connectivity index (χ1n) is 8.35. The molecule has 27 heavy (non-hydrogen) atoms. The largest absolute Gasteiger partial charge is 0.349 e. The van der Waals surface area contributed by atoms with Gasteiger partial charge in [0, 0.05) is 13.0 Å².